The van der Waals surface area contributed by atoms with Crippen molar-refractivity contribution in [3.8, 4) is 17.2 Å². The Morgan fingerprint density at radius 3 is 2.65 bits per heavy atom. The summed E-state index contributed by atoms with van der Waals surface area (Å²) in [6.07, 6.45) is 1.98. The quantitative estimate of drug-likeness (QED) is 0.342. The van der Waals surface area contributed by atoms with Crippen LogP contribution in [0.15, 0.2) is 59.1 Å². The van der Waals surface area contributed by atoms with Crippen LogP contribution >= 0.6 is 15.9 Å². The van der Waals surface area contributed by atoms with E-state index in [0.717, 1.165) is 53.2 Å². The normalized spacial score (nSPS) is 17.1. The molecule has 0 aliphatic carbocycles. The second-order valence-electron chi connectivity index (χ2n) is 9.05. The first-order valence-corrected chi connectivity index (χ1v) is 12.4. The summed E-state index contributed by atoms with van der Waals surface area (Å²) in [5.41, 5.74) is 7.74. The number of halogens is 1. The molecule has 5 nitrogen and oxygen atoms in total. The average molecular weight is 519 g/mol. The highest BCUT2D eigenvalue weighted by Crippen LogP contribution is 2.44. The number of H-pyrrole nitrogens is 1. The van der Waals surface area contributed by atoms with Crippen molar-refractivity contribution in [2.24, 2.45) is 0 Å². The predicted molar refractivity (Wildman–Crippen MR) is 137 cm³/mol. The molecule has 0 spiro atoms. The van der Waals surface area contributed by atoms with Gasteiger partial charge in [0.2, 0.25) is 0 Å². The summed E-state index contributed by atoms with van der Waals surface area (Å²) in [4.78, 5) is 6.23. The molecule has 0 saturated carbocycles. The maximum Gasteiger partial charge on any atom is 0.161 e. The number of nitrogens with one attached hydrogen (secondary N) is 1. The van der Waals surface area contributed by atoms with E-state index in [1.165, 1.54) is 33.3 Å². The van der Waals surface area contributed by atoms with Gasteiger partial charge in [0.25, 0.3) is 0 Å². The van der Waals surface area contributed by atoms with E-state index in [4.69, 9.17) is 14.2 Å². The molecule has 0 saturated heterocycles. The van der Waals surface area contributed by atoms with Gasteiger partial charge in [-0.2, -0.15) is 0 Å². The highest BCUT2D eigenvalue weighted by atomic mass is 79.9. The fourth-order valence-electron chi connectivity index (χ4n) is 5.38. The van der Waals surface area contributed by atoms with E-state index in [1.807, 2.05) is 18.2 Å². The van der Waals surface area contributed by atoms with Crippen molar-refractivity contribution < 1.29 is 14.2 Å². The minimum Gasteiger partial charge on any atom is -0.497 e. The maximum absolute atomic E-state index is 6.21. The summed E-state index contributed by atoms with van der Waals surface area (Å²) >= 11 is 3.49. The van der Waals surface area contributed by atoms with E-state index in [1.54, 1.807) is 14.2 Å². The molecule has 2 aliphatic rings. The van der Waals surface area contributed by atoms with Crippen LogP contribution in [0.2, 0.25) is 0 Å². The van der Waals surface area contributed by atoms with Crippen LogP contribution in [0.1, 0.15) is 34.0 Å². The lowest BCUT2D eigenvalue weighted by atomic mass is 9.85. The average Bonchev–Trinajstić information content (AvgIpc) is 3.23. The van der Waals surface area contributed by atoms with Crippen LogP contribution in [0.5, 0.6) is 17.2 Å². The van der Waals surface area contributed by atoms with Crippen LogP contribution in [0.25, 0.3) is 10.9 Å². The molecule has 1 atom stereocenters. The smallest absolute Gasteiger partial charge is 0.161 e. The second kappa shape index (κ2) is 8.67. The number of ether oxygens (including phenoxy) is 3. The minimum absolute atomic E-state index is 0.330. The summed E-state index contributed by atoms with van der Waals surface area (Å²) in [5.74, 6) is 2.50. The van der Waals surface area contributed by atoms with Crippen molar-refractivity contribution in [1.29, 1.82) is 0 Å². The third-order valence-electron chi connectivity index (χ3n) is 7.16. The lowest BCUT2D eigenvalue weighted by molar-refractivity contribution is 0.158. The third-order valence-corrected chi connectivity index (χ3v) is 7.69. The maximum atomic E-state index is 6.21. The molecular weight excluding hydrogens is 492 g/mol. The van der Waals surface area contributed by atoms with Crippen molar-refractivity contribution >= 4 is 26.8 Å². The molecule has 0 amide bonds. The van der Waals surface area contributed by atoms with Crippen LogP contribution in [0.3, 0.4) is 0 Å². The Morgan fingerprint density at radius 2 is 1.85 bits per heavy atom. The summed E-state index contributed by atoms with van der Waals surface area (Å²) in [6, 6.07) is 19.2. The highest BCUT2D eigenvalue weighted by molar-refractivity contribution is 9.10. The second-order valence-corrected chi connectivity index (χ2v) is 9.97. The summed E-state index contributed by atoms with van der Waals surface area (Å²) < 4.78 is 18.5. The van der Waals surface area contributed by atoms with Gasteiger partial charge in [-0.15, -0.1) is 0 Å². The van der Waals surface area contributed by atoms with Crippen molar-refractivity contribution in [3.63, 3.8) is 0 Å². The zero-order chi connectivity index (χ0) is 23.2. The molecule has 1 unspecified atom stereocenters. The van der Waals surface area contributed by atoms with E-state index in [-0.39, 0.29) is 0 Å². The first kappa shape index (κ1) is 21.6. The summed E-state index contributed by atoms with van der Waals surface area (Å²) in [5, 5.41) is 1.27. The van der Waals surface area contributed by atoms with Crippen LogP contribution in [0.4, 0.5) is 0 Å². The predicted octanol–water partition coefficient (Wildman–Crippen LogP) is 6.18. The largest absolute Gasteiger partial charge is 0.497 e. The SMILES string of the molecule is COc1ccc2[nH]c3c(c2c1)CC1c2cc(OC)c(OCc4ccc(Br)cc4)cc2CCN1C3. The number of benzene rings is 3. The number of hydrogen-bond donors (Lipinski definition) is 1. The van der Waals surface area contributed by atoms with Crippen molar-refractivity contribution in [1.82, 2.24) is 9.88 Å². The molecule has 6 heteroatoms. The Balaban J connectivity index is 1.32. The molecule has 1 aromatic heterocycles. The molecule has 3 heterocycles. The Labute approximate surface area is 207 Å². The summed E-state index contributed by atoms with van der Waals surface area (Å²) in [6.45, 7) is 2.48. The van der Waals surface area contributed by atoms with Gasteiger partial charge >= 0.3 is 0 Å². The molecule has 3 aromatic carbocycles. The Hall–Kier alpha value is -2.96. The van der Waals surface area contributed by atoms with Crippen molar-refractivity contribution in [3.05, 3.63) is 87.0 Å². The van der Waals surface area contributed by atoms with Gasteiger partial charge in [-0.25, -0.2) is 0 Å². The van der Waals surface area contributed by atoms with Gasteiger partial charge in [0.1, 0.15) is 12.4 Å². The van der Waals surface area contributed by atoms with Gasteiger partial charge in [0.15, 0.2) is 11.5 Å². The zero-order valence-corrected chi connectivity index (χ0v) is 20.9. The van der Waals surface area contributed by atoms with E-state index in [0.29, 0.717) is 12.6 Å². The van der Waals surface area contributed by atoms with Gasteiger partial charge in [0.05, 0.1) is 14.2 Å². The number of rotatable bonds is 5. The summed E-state index contributed by atoms with van der Waals surface area (Å²) in [7, 11) is 3.45. The van der Waals surface area contributed by atoms with Gasteiger partial charge in [-0.3, -0.25) is 4.90 Å². The fraction of sp³-hybridized carbons (Fsp3) is 0.286. The molecule has 1 N–H and O–H groups in total. The number of aromatic nitrogens is 1. The van der Waals surface area contributed by atoms with Gasteiger partial charge in [-0.1, -0.05) is 28.1 Å². The molecule has 0 fully saturated rings. The molecule has 34 heavy (non-hydrogen) atoms. The number of methoxy groups -OCH3 is 2. The van der Waals surface area contributed by atoms with Gasteiger partial charge in [-0.05, 0) is 77.6 Å². The van der Waals surface area contributed by atoms with Gasteiger partial charge in [0, 0.05) is 40.2 Å². The van der Waals surface area contributed by atoms with E-state index >= 15 is 0 Å². The van der Waals surface area contributed by atoms with Crippen LogP contribution in [-0.4, -0.2) is 30.6 Å². The zero-order valence-electron chi connectivity index (χ0n) is 19.4. The van der Waals surface area contributed by atoms with Crippen LogP contribution in [-0.2, 0) is 26.0 Å². The fourth-order valence-corrected chi connectivity index (χ4v) is 5.64. The van der Waals surface area contributed by atoms with E-state index in [9.17, 15) is 0 Å². The standard InChI is InChI=1S/C28H27BrN2O3/c1-32-20-7-8-24-22(12-20)23-13-26-21-14-27(33-2)28(34-16-17-3-5-19(29)6-4-17)11-18(21)9-10-31(26)15-25(23)30-24/h3-8,11-12,14,26,30H,9-10,13,15-16H2,1-2H3. The van der Waals surface area contributed by atoms with E-state index < -0.39 is 0 Å². The highest BCUT2D eigenvalue weighted by Gasteiger charge is 2.34. The number of aromatic amines is 1. The first-order valence-electron chi connectivity index (χ1n) is 11.6. The number of nitrogens with zero attached hydrogens (tertiary/aromatic N) is 1. The third kappa shape index (κ3) is 3.75. The van der Waals surface area contributed by atoms with Crippen LogP contribution < -0.4 is 14.2 Å². The van der Waals surface area contributed by atoms with Crippen molar-refractivity contribution in [2.45, 2.75) is 32.0 Å². The Bertz CT molecular complexity index is 1360. The van der Waals surface area contributed by atoms with Gasteiger partial charge < -0.3 is 19.2 Å². The lowest BCUT2D eigenvalue weighted by Crippen LogP contribution is -2.39. The monoisotopic (exact) mass is 518 g/mol. The Morgan fingerprint density at radius 1 is 1.00 bits per heavy atom. The topological polar surface area (TPSA) is 46.7 Å². The Kier molecular flexibility index (Phi) is 5.50. The molecule has 0 bridgehead atoms. The molecule has 0 radical (unpaired) electrons. The number of hydrogen-bond acceptors (Lipinski definition) is 4. The molecular formula is C28H27BrN2O3. The molecule has 174 valence electrons. The molecule has 4 aromatic rings. The van der Waals surface area contributed by atoms with E-state index in [2.05, 4.69) is 62.2 Å². The number of fused-ring (bicyclic) bond motifs is 6. The molecule has 6 rings (SSSR count). The van der Waals surface area contributed by atoms with Crippen molar-refractivity contribution in [2.75, 3.05) is 20.8 Å². The minimum atomic E-state index is 0.330. The first-order chi connectivity index (χ1) is 16.6. The molecule has 2 aliphatic heterocycles. The van der Waals surface area contributed by atoms with Crippen LogP contribution in [0, 0.1) is 0 Å². The lowest BCUT2D eigenvalue weighted by Gasteiger charge is -2.40.